The number of imide groups is 2. The Hall–Kier alpha value is -5.03. The van der Waals surface area contributed by atoms with E-state index < -0.39 is 76.3 Å². The van der Waals surface area contributed by atoms with Gasteiger partial charge in [-0.1, -0.05) is 74.5 Å². The van der Waals surface area contributed by atoms with Crippen molar-refractivity contribution >= 4 is 85.9 Å². The lowest BCUT2D eigenvalue weighted by atomic mass is 9.49. The number of fused-ring (bicyclic) bond motifs is 4. The van der Waals surface area contributed by atoms with Crippen molar-refractivity contribution in [3.05, 3.63) is 115 Å². The minimum atomic E-state index is -4.85. The van der Waals surface area contributed by atoms with Gasteiger partial charge in [-0.25, -0.2) is 4.98 Å². The van der Waals surface area contributed by atoms with Gasteiger partial charge in [-0.3, -0.25) is 29.6 Å². The summed E-state index contributed by atoms with van der Waals surface area (Å²) in [6, 6.07) is 15.9. The highest BCUT2D eigenvalue weighted by atomic mass is 79.9. The quantitative estimate of drug-likeness (QED) is 0.130. The third kappa shape index (κ3) is 6.36. The third-order valence-electron chi connectivity index (χ3n) is 11.9. The number of pyridine rings is 1. The van der Waals surface area contributed by atoms with Gasteiger partial charge < -0.3 is 14.6 Å². The number of benzene rings is 3. The molecule has 3 heterocycles. The Balaban J connectivity index is 1.32. The summed E-state index contributed by atoms with van der Waals surface area (Å²) < 4.78 is 52.7. The first kappa shape index (κ1) is 41.7. The number of anilines is 2. The summed E-state index contributed by atoms with van der Waals surface area (Å²) >= 11 is 22.5. The second-order valence-electron chi connectivity index (χ2n) is 14.8. The molecule has 3 aromatic carbocycles. The molecule has 4 aromatic rings. The van der Waals surface area contributed by atoms with Gasteiger partial charge in [0.15, 0.2) is 17.3 Å². The van der Waals surface area contributed by atoms with Crippen LogP contribution in [0.5, 0.6) is 17.2 Å². The van der Waals surface area contributed by atoms with Crippen molar-refractivity contribution in [2.24, 2.45) is 23.7 Å². The van der Waals surface area contributed by atoms with Crippen molar-refractivity contribution in [3.8, 4) is 17.2 Å². The van der Waals surface area contributed by atoms with E-state index in [0.717, 1.165) is 21.1 Å². The maximum atomic E-state index is 15.5. The Labute approximate surface area is 363 Å². The van der Waals surface area contributed by atoms with Crippen LogP contribution in [0, 0.1) is 23.7 Å². The number of nitrogens with one attached hydrogen (secondary N) is 1. The van der Waals surface area contributed by atoms with E-state index in [2.05, 4.69) is 26.3 Å². The number of amides is 4. The molecule has 12 nitrogen and oxygen atoms in total. The number of halogens is 7. The molecule has 3 fully saturated rings. The number of aromatic hydroxyl groups is 1. The Kier molecular flexibility index (Phi) is 10.5. The lowest BCUT2D eigenvalue weighted by Crippen LogP contribution is -2.53. The van der Waals surface area contributed by atoms with E-state index in [4.69, 9.17) is 44.3 Å². The number of hydrogen-bond donors (Lipinski definition) is 2. The van der Waals surface area contributed by atoms with Gasteiger partial charge in [0.25, 0.3) is 23.6 Å². The maximum Gasteiger partial charge on any atom is 0.433 e. The highest BCUT2D eigenvalue weighted by Crippen LogP contribution is 2.65. The van der Waals surface area contributed by atoms with E-state index in [-0.39, 0.29) is 45.6 Å². The largest absolute Gasteiger partial charge is 0.504 e. The number of phenols is 1. The number of hydrazine groups is 2. The molecule has 2 aliphatic heterocycles. The highest BCUT2D eigenvalue weighted by Gasteiger charge is 2.71. The van der Waals surface area contributed by atoms with Gasteiger partial charge >= 0.3 is 6.18 Å². The summed E-state index contributed by atoms with van der Waals surface area (Å²) in [6.45, 7) is 0. The van der Waals surface area contributed by atoms with Crippen LogP contribution in [0.2, 0.25) is 15.1 Å². The fourth-order valence-electron chi connectivity index (χ4n) is 9.35. The summed E-state index contributed by atoms with van der Waals surface area (Å²) in [5, 5.41) is 14.7. The number of alkyl halides is 3. The maximum absolute atomic E-state index is 15.5. The van der Waals surface area contributed by atoms with E-state index in [1.165, 1.54) is 45.5 Å². The fraction of sp³-hybridized carbons (Fsp3) is 0.293. The molecule has 4 aliphatic rings. The van der Waals surface area contributed by atoms with Gasteiger partial charge in [0.2, 0.25) is 0 Å². The standard InChI is InChI=1S/C41H32BrCl3F3N5O7/c1-51(35-27(44)11-13-31(49-35)41(46,47)48)53-36(55)23-10-9-22-24(32(23)38(53)57)17-26-37(56)52(50-29-12-6-20(43)16-28(29)45)39(58)40(26,18-4-7-21(59-2)8-5-18)33(22)25-14-19(42)15-30(60-3)34(25)54/h4-9,11-16,23-24,26,32-33,50,54H,10,17H2,1-3H3. The average Bonchev–Trinajstić information content (AvgIpc) is 3.59. The molecule has 2 aliphatic carbocycles. The SMILES string of the molecule is COc1ccc(C23C(=O)N(Nc4ccc(Cl)cc4Cl)C(=O)C2CC2C(=CCC4C(=O)N(N(C)c5nc(C(F)(F)F)ccc5Cl)C(=O)C42)C3c2cc(Br)cc(OC)c2O)cc1. The Bertz CT molecular complexity index is 2530. The van der Waals surface area contributed by atoms with Gasteiger partial charge in [-0.05, 0) is 78.9 Å². The van der Waals surface area contributed by atoms with Gasteiger partial charge in [-0.15, -0.1) is 0 Å². The van der Waals surface area contributed by atoms with E-state index in [1.807, 2.05) is 0 Å². The number of nitrogens with zero attached hydrogens (tertiary/aromatic N) is 4. The van der Waals surface area contributed by atoms with E-state index in [1.54, 1.807) is 36.4 Å². The Morgan fingerprint density at radius 1 is 0.917 bits per heavy atom. The zero-order valence-electron chi connectivity index (χ0n) is 31.6. The molecule has 2 N–H and O–H groups in total. The molecule has 6 atom stereocenters. The summed E-state index contributed by atoms with van der Waals surface area (Å²) in [6.07, 6.45) is -3.28. The van der Waals surface area contributed by atoms with Crippen LogP contribution < -0.4 is 19.9 Å². The zero-order valence-corrected chi connectivity index (χ0v) is 35.4. The summed E-state index contributed by atoms with van der Waals surface area (Å²) in [5.41, 5.74) is 1.02. The van der Waals surface area contributed by atoms with Crippen LogP contribution in [0.1, 0.15) is 35.6 Å². The van der Waals surface area contributed by atoms with Crippen LogP contribution >= 0.6 is 50.7 Å². The monoisotopic (exact) mass is 947 g/mol. The molecular weight excluding hydrogens is 918 g/mol. The topological polar surface area (TPSA) is 142 Å². The molecule has 0 bridgehead atoms. The van der Waals surface area contributed by atoms with E-state index in [0.29, 0.717) is 32.4 Å². The second-order valence-corrected chi connectivity index (χ2v) is 16.9. The number of carbonyl (C=O) groups excluding carboxylic acids is 4. The lowest BCUT2D eigenvalue weighted by Gasteiger charge is -2.50. The van der Waals surface area contributed by atoms with Crippen molar-refractivity contribution in [2.75, 3.05) is 31.7 Å². The van der Waals surface area contributed by atoms with E-state index in [9.17, 15) is 27.9 Å². The number of hydrogen-bond acceptors (Lipinski definition) is 10. The van der Waals surface area contributed by atoms with Gasteiger partial charge in [0, 0.05) is 28.0 Å². The molecule has 0 spiro atoms. The van der Waals surface area contributed by atoms with Crippen LogP contribution in [-0.4, -0.2) is 65.0 Å². The number of methoxy groups -OCH3 is 2. The van der Waals surface area contributed by atoms with Crippen molar-refractivity contribution in [1.29, 1.82) is 0 Å². The summed E-state index contributed by atoms with van der Waals surface area (Å²) in [4.78, 5) is 63.3. The highest BCUT2D eigenvalue weighted by molar-refractivity contribution is 9.10. The Morgan fingerprint density at radius 3 is 2.28 bits per heavy atom. The first-order valence-corrected chi connectivity index (χ1v) is 20.2. The molecule has 8 rings (SSSR count). The first-order valence-electron chi connectivity index (χ1n) is 18.3. The van der Waals surface area contributed by atoms with Gasteiger partial charge in [0.05, 0.1) is 53.1 Å². The molecule has 6 unspecified atom stereocenters. The average molecular weight is 950 g/mol. The number of aromatic nitrogens is 1. The van der Waals surface area contributed by atoms with Crippen LogP contribution in [0.25, 0.3) is 0 Å². The van der Waals surface area contributed by atoms with Crippen molar-refractivity contribution in [1.82, 2.24) is 15.0 Å². The predicted molar refractivity (Wildman–Crippen MR) is 217 cm³/mol. The number of carbonyl (C=O) groups is 4. The van der Waals surface area contributed by atoms with Crippen LogP contribution in [-0.2, 0) is 30.8 Å². The molecular formula is C41H32BrCl3F3N5O7. The fourth-order valence-corrected chi connectivity index (χ4v) is 10.5. The van der Waals surface area contributed by atoms with E-state index >= 15 is 9.59 Å². The normalized spacial score (nSPS) is 24.8. The predicted octanol–water partition coefficient (Wildman–Crippen LogP) is 8.58. The lowest BCUT2D eigenvalue weighted by molar-refractivity contribution is -0.142. The smallest absolute Gasteiger partial charge is 0.433 e. The zero-order chi connectivity index (χ0) is 43.2. The number of rotatable bonds is 8. The first-order chi connectivity index (χ1) is 28.4. The number of phenolic OH excluding ortho intramolecular Hbond substituents is 1. The van der Waals surface area contributed by atoms with Crippen molar-refractivity contribution in [2.45, 2.75) is 30.4 Å². The minimum Gasteiger partial charge on any atom is -0.504 e. The van der Waals surface area contributed by atoms with Crippen LogP contribution in [0.15, 0.2) is 82.9 Å². The molecule has 1 aromatic heterocycles. The molecule has 2 saturated heterocycles. The molecule has 1 saturated carbocycles. The van der Waals surface area contributed by atoms with Crippen molar-refractivity contribution in [3.63, 3.8) is 0 Å². The summed E-state index contributed by atoms with van der Waals surface area (Å²) in [5.74, 6) is -8.74. The Morgan fingerprint density at radius 2 is 1.63 bits per heavy atom. The van der Waals surface area contributed by atoms with Gasteiger partial charge in [0.1, 0.15) is 11.4 Å². The number of ether oxygens (including phenoxy) is 2. The molecule has 60 heavy (non-hydrogen) atoms. The molecule has 312 valence electrons. The van der Waals surface area contributed by atoms with Crippen molar-refractivity contribution < 1.29 is 46.9 Å². The second kappa shape index (κ2) is 15.2. The minimum absolute atomic E-state index is 0.0363. The molecule has 19 heteroatoms. The molecule has 0 radical (unpaired) electrons. The van der Waals surface area contributed by atoms with Gasteiger partial charge in [-0.2, -0.15) is 23.2 Å². The number of allylic oxidation sites excluding steroid dienone is 2. The third-order valence-corrected chi connectivity index (χ3v) is 13.2. The molecule has 4 amide bonds. The summed E-state index contributed by atoms with van der Waals surface area (Å²) in [7, 11) is 4.04. The van der Waals surface area contributed by atoms with Crippen LogP contribution in [0.3, 0.4) is 0 Å². The van der Waals surface area contributed by atoms with Crippen LogP contribution in [0.4, 0.5) is 24.7 Å².